The summed E-state index contributed by atoms with van der Waals surface area (Å²) in [4.78, 5) is 33.2. The number of hydrogen-bond donors (Lipinski definition) is 1. The Hall–Kier alpha value is -4.00. The van der Waals surface area contributed by atoms with Gasteiger partial charge in [-0.3, -0.25) is 14.3 Å². The molecule has 7 nitrogen and oxygen atoms in total. The molecular formula is C29H31N5O2. The summed E-state index contributed by atoms with van der Waals surface area (Å²) in [6.07, 6.45) is 0. The van der Waals surface area contributed by atoms with Crippen LogP contribution in [0.5, 0.6) is 0 Å². The molecule has 1 aliphatic rings. The molecule has 2 aromatic carbocycles. The normalized spacial score (nSPS) is 13.9. The number of rotatable bonds is 7. The molecule has 5 rings (SSSR count). The van der Waals surface area contributed by atoms with E-state index in [-0.39, 0.29) is 23.7 Å². The molecule has 0 bridgehead atoms. The van der Waals surface area contributed by atoms with Gasteiger partial charge in [-0.2, -0.15) is 5.10 Å². The summed E-state index contributed by atoms with van der Waals surface area (Å²) in [5.74, 6) is 0.0139. The fourth-order valence-corrected chi connectivity index (χ4v) is 4.99. The van der Waals surface area contributed by atoms with Crippen molar-refractivity contribution < 1.29 is 9.59 Å². The van der Waals surface area contributed by atoms with Crippen LogP contribution < -0.4 is 5.32 Å². The average Bonchev–Trinajstić information content (AvgIpc) is 3.36. The maximum absolute atomic E-state index is 13.6. The topological polar surface area (TPSA) is 80.1 Å². The molecule has 0 aliphatic carbocycles. The number of nitrogens with one attached hydrogen (secondary N) is 1. The quantitative estimate of drug-likeness (QED) is 0.419. The van der Waals surface area contributed by atoms with Gasteiger partial charge < -0.3 is 10.2 Å². The number of aromatic nitrogens is 3. The minimum atomic E-state index is -0.155. The number of aryl methyl sites for hydroxylation is 2. The highest BCUT2D eigenvalue weighted by molar-refractivity contribution is 6.06. The number of amides is 2. The summed E-state index contributed by atoms with van der Waals surface area (Å²) < 4.78 is 1.73. The van der Waals surface area contributed by atoms with Crippen molar-refractivity contribution in [2.75, 3.05) is 13.1 Å². The summed E-state index contributed by atoms with van der Waals surface area (Å²) in [5, 5.41) is 8.44. The van der Waals surface area contributed by atoms with Crippen molar-refractivity contribution in [2.24, 2.45) is 7.05 Å². The highest BCUT2D eigenvalue weighted by atomic mass is 16.2. The zero-order valence-corrected chi connectivity index (χ0v) is 21.2. The molecule has 0 saturated heterocycles. The molecule has 0 fully saturated rings. The van der Waals surface area contributed by atoms with Gasteiger partial charge in [0, 0.05) is 43.9 Å². The van der Waals surface area contributed by atoms with Crippen molar-refractivity contribution >= 4 is 22.8 Å². The summed E-state index contributed by atoms with van der Waals surface area (Å²) >= 11 is 0. The van der Waals surface area contributed by atoms with Crippen molar-refractivity contribution in [1.82, 2.24) is 25.0 Å². The zero-order chi connectivity index (χ0) is 25.4. The molecule has 1 unspecified atom stereocenters. The van der Waals surface area contributed by atoms with Crippen LogP contribution in [0, 0.1) is 6.92 Å². The van der Waals surface area contributed by atoms with Crippen LogP contribution >= 0.6 is 0 Å². The van der Waals surface area contributed by atoms with Crippen LogP contribution in [0.1, 0.15) is 68.9 Å². The van der Waals surface area contributed by atoms with Crippen molar-refractivity contribution in [3.05, 3.63) is 94.3 Å². The monoisotopic (exact) mass is 481 g/mol. The standard InChI is InChI=1S/C29H31N5O2/c1-18(2)25-14-24(26-19(3)32-33(4)27(26)31-25)28(35)30-15-22(20-10-6-5-7-11-20)17-34-16-21-12-8-9-13-23(21)29(34)36/h5-14,18,22H,15-17H2,1-4H3,(H,30,35). The Morgan fingerprint density at radius 1 is 1.08 bits per heavy atom. The van der Waals surface area contributed by atoms with Crippen LogP contribution in [0.15, 0.2) is 60.7 Å². The van der Waals surface area contributed by atoms with E-state index in [4.69, 9.17) is 4.98 Å². The smallest absolute Gasteiger partial charge is 0.254 e. The Morgan fingerprint density at radius 2 is 1.81 bits per heavy atom. The van der Waals surface area contributed by atoms with Gasteiger partial charge in [0.05, 0.1) is 16.6 Å². The molecule has 184 valence electrons. The summed E-state index contributed by atoms with van der Waals surface area (Å²) in [6.45, 7) is 7.55. The van der Waals surface area contributed by atoms with Crippen LogP contribution in [0.25, 0.3) is 11.0 Å². The fourth-order valence-electron chi connectivity index (χ4n) is 4.99. The van der Waals surface area contributed by atoms with E-state index in [0.29, 0.717) is 30.8 Å². The van der Waals surface area contributed by atoms with Gasteiger partial charge in [0.15, 0.2) is 5.65 Å². The molecule has 2 amide bonds. The predicted octanol–water partition coefficient (Wildman–Crippen LogP) is 4.57. The summed E-state index contributed by atoms with van der Waals surface area (Å²) in [6, 6.07) is 19.7. The third-order valence-electron chi connectivity index (χ3n) is 6.94. The van der Waals surface area contributed by atoms with E-state index in [9.17, 15) is 9.59 Å². The Kier molecular flexibility index (Phi) is 6.31. The minimum absolute atomic E-state index is 0.0428. The van der Waals surface area contributed by atoms with Gasteiger partial charge >= 0.3 is 0 Å². The predicted molar refractivity (Wildman–Crippen MR) is 140 cm³/mol. The van der Waals surface area contributed by atoms with E-state index < -0.39 is 0 Å². The lowest BCUT2D eigenvalue weighted by molar-refractivity contribution is 0.0767. The number of carbonyl (C=O) groups excluding carboxylic acids is 2. The number of carbonyl (C=O) groups is 2. The summed E-state index contributed by atoms with van der Waals surface area (Å²) in [5.41, 5.74) is 5.83. The zero-order valence-electron chi connectivity index (χ0n) is 21.2. The van der Waals surface area contributed by atoms with Crippen molar-refractivity contribution in [2.45, 2.75) is 39.2 Å². The molecule has 7 heteroatoms. The molecule has 2 aromatic heterocycles. The largest absolute Gasteiger partial charge is 0.351 e. The Balaban J connectivity index is 1.41. The van der Waals surface area contributed by atoms with Crippen LogP contribution in [-0.2, 0) is 13.6 Å². The first-order valence-corrected chi connectivity index (χ1v) is 12.4. The maximum atomic E-state index is 13.6. The first-order valence-electron chi connectivity index (χ1n) is 12.4. The van der Waals surface area contributed by atoms with Crippen LogP contribution in [0.2, 0.25) is 0 Å². The van der Waals surface area contributed by atoms with Gasteiger partial charge in [-0.05, 0) is 36.1 Å². The van der Waals surface area contributed by atoms with Gasteiger partial charge in [0.25, 0.3) is 11.8 Å². The lowest BCUT2D eigenvalue weighted by Crippen LogP contribution is -2.36. The van der Waals surface area contributed by atoms with Crippen molar-refractivity contribution in [3.63, 3.8) is 0 Å². The van der Waals surface area contributed by atoms with E-state index in [0.717, 1.165) is 33.5 Å². The third-order valence-corrected chi connectivity index (χ3v) is 6.94. The fraction of sp³-hybridized carbons (Fsp3) is 0.310. The second-order valence-corrected chi connectivity index (χ2v) is 9.82. The molecule has 1 N–H and O–H groups in total. The second-order valence-electron chi connectivity index (χ2n) is 9.82. The number of hydrogen-bond acceptors (Lipinski definition) is 4. The van der Waals surface area contributed by atoms with Crippen molar-refractivity contribution in [1.29, 1.82) is 0 Å². The number of benzene rings is 2. The molecule has 36 heavy (non-hydrogen) atoms. The number of pyridine rings is 1. The van der Waals surface area contributed by atoms with E-state index in [1.54, 1.807) is 4.68 Å². The highest BCUT2D eigenvalue weighted by Gasteiger charge is 2.29. The number of fused-ring (bicyclic) bond motifs is 2. The molecule has 0 radical (unpaired) electrons. The Labute approximate surface area is 211 Å². The summed E-state index contributed by atoms with van der Waals surface area (Å²) in [7, 11) is 1.85. The van der Waals surface area contributed by atoms with E-state index >= 15 is 0 Å². The molecular weight excluding hydrogens is 450 g/mol. The molecule has 1 atom stereocenters. The Bertz CT molecular complexity index is 1440. The van der Waals surface area contributed by atoms with Crippen molar-refractivity contribution in [3.8, 4) is 0 Å². The molecule has 3 heterocycles. The van der Waals surface area contributed by atoms with Gasteiger partial charge in [0.2, 0.25) is 0 Å². The first-order chi connectivity index (χ1) is 17.3. The lowest BCUT2D eigenvalue weighted by atomic mass is 9.97. The SMILES string of the molecule is Cc1nn(C)c2nc(C(C)C)cc(C(=O)NCC(CN3Cc4ccccc4C3=O)c3ccccc3)c12. The van der Waals surface area contributed by atoms with E-state index in [1.165, 1.54) is 0 Å². The lowest BCUT2D eigenvalue weighted by Gasteiger charge is -2.25. The minimum Gasteiger partial charge on any atom is -0.351 e. The first kappa shape index (κ1) is 23.7. The molecule has 4 aromatic rings. The average molecular weight is 482 g/mol. The molecule has 1 aliphatic heterocycles. The van der Waals surface area contributed by atoms with Gasteiger partial charge in [-0.1, -0.05) is 62.4 Å². The third kappa shape index (κ3) is 4.37. The van der Waals surface area contributed by atoms with E-state index in [2.05, 4.69) is 36.4 Å². The van der Waals surface area contributed by atoms with Gasteiger partial charge in [-0.25, -0.2) is 4.98 Å². The highest BCUT2D eigenvalue weighted by Crippen LogP contribution is 2.27. The van der Waals surface area contributed by atoms with E-state index in [1.807, 2.05) is 67.4 Å². The number of nitrogens with zero attached hydrogens (tertiary/aromatic N) is 4. The van der Waals surface area contributed by atoms with Gasteiger partial charge in [-0.15, -0.1) is 0 Å². The Morgan fingerprint density at radius 3 is 2.53 bits per heavy atom. The molecule has 0 spiro atoms. The van der Waals surface area contributed by atoms with Crippen LogP contribution in [0.4, 0.5) is 0 Å². The van der Waals surface area contributed by atoms with Crippen LogP contribution in [-0.4, -0.2) is 44.6 Å². The second kappa shape index (κ2) is 9.57. The van der Waals surface area contributed by atoms with Crippen LogP contribution in [0.3, 0.4) is 0 Å². The van der Waals surface area contributed by atoms with Gasteiger partial charge in [0.1, 0.15) is 0 Å². The molecule has 0 saturated carbocycles. The maximum Gasteiger partial charge on any atom is 0.254 e.